The van der Waals surface area contributed by atoms with E-state index < -0.39 is 0 Å². The minimum Gasteiger partial charge on any atom is -0.238 e. The van der Waals surface area contributed by atoms with Crippen LogP contribution in [-0.2, 0) is 12.8 Å². The van der Waals surface area contributed by atoms with Crippen molar-refractivity contribution in [2.75, 3.05) is 0 Å². The molecule has 0 atom stereocenters. The predicted octanol–water partition coefficient (Wildman–Crippen LogP) is 3.16. The van der Waals surface area contributed by atoms with Crippen LogP contribution in [0.1, 0.15) is 11.3 Å². The molecule has 16 heavy (non-hydrogen) atoms. The first-order chi connectivity index (χ1) is 7.77. The predicted molar refractivity (Wildman–Crippen MR) is 63.5 cm³/mol. The molecule has 0 N–H and O–H groups in total. The number of halogens is 2. The Kier molecular flexibility index (Phi) is 3.62. The van der Waals surface area contributed by atoms with E-state index in [4.69, 9.17) is 0 Å². The largest absolute Gasteiger partial charge is 0.238 e. The summed E-state index contributed by atoms with van der Waals surface area (Å²) in [7, 11) is 0. The Balaban J connectivity index is 2.08. The molecule has 4 heteroatoms. The lowest BCUT2D eigenvalue weighted by molar-refractivity contribution is 0.580. The van der Waals surface area contributed by atoms with E-state index in [2.05, 4.69) is 25.9 Å². The van der Waals surface area contributed by atoms with Crippen molar-refractivity contribution in [3.63, 3.8) is 0 Å². The first kappa shape index (κ1) is 11.2. The van der Waals surface area contributed by atoms with Gasteiger partial charge in [0, 0.05) is 0 Å². The number of aromatic nitrogens is 2. The van der Waals surface area contributed by atoms with Crippen molar-refractivity contribution < 1.29 is 4.39 Å². The zero-order chi connectivity index (χ0) is 11.4. The highest BCUT2D eigenvalue weighted by molar-refractivity contribution is 9.10. The van der Waals surface area contributed by atoms with E-state index in [1.165, 1.54) is 11.9 Å². The molecule has 2 aromatic rings. The molecule has 0 aliphatic carbocycles. The molecule has 0 saturated heterocycles. The van der Waals surface area contributed by atoms with Crippen LogP contribution >= 0.6 is 15.9 Å². The fourth-order valence-corrected chi connectivity index (χ4v) is 1.78. The summed E-state index contributed by atoms with van der Waals surface area (Å²) in [5.41, 5.74) is 1.63. The summed E-state index contributed by atoms with van der Waals surface area (Å²) < 4.78 is 13.8. The lowest BCUT2D eigenvalue weighted by atomic mass is 10.1. The standard InChI is InChI=1S/C12H10BrFN2/c13-12-11(14)10(15-8-16-12)7-6-9-4-2-1-3-5-9/h1-5,8H,6-7H2. The third-order valence-corrected chi connectivity index (χ3v) is 2.87. The Labute approximate surface area is 102 Å². The van der Waals surface area contributed by atoms with Gasteiger partial charge in [-0.3, -0.25) is 0 Å². The highest BCUT2D eigenvalue weighted by Crippen LogP contribution is 2.15. The van der Waals surface area contributed by atoms with Gasteiger partial charge in [-0.1, -0.05) is 30.3 Å². The molecule has 1 aromatic heterocycles. The molecule has 0 spiro atoms. The molecule has 0 radical (unpaired) electrons. The van der Waals surface area contributed by atoms with E-state index in [1.54, 1.807) is 0 Å². The number of nitrogens with zero attached hydrogens (tertiary/aromatic N) is 2. The number of benzene rings is 1. The third kappa shape index (κ3) is 2.64. The Bertz CT molecular complexity index is 474. The van der Waals surface area contributed by atoms with Gasteiger partial charge in [0.2, 0.25) is 0 Å². The number of rotatable bonds is 3. The summed E-state index contributed by atoms with van der Waals surface area (Å²) in [6.45, 7) is 0. The Hall–Kier alpha value is -1.29. The van der Waals surface area contributed by atoms with Crippen molar-refractivity contribution in [1.82, 2.24) is 9.97 Å². The smallest absolute Gasteiger partial charge is 0.177 e. The molecule has 0 fully saturated rings. The second-order valence-corrected chi connectivity index (χ2v) is 4.16. The first-order valence-corrected chi connectivity index (χ1v) is 5.75. The van der Waals surface area contributed by atoms with E-state index in [0.717, 1.165) is 6.42 Å². The zero-order valence-electron chi connectivity index (χ0n) is 8.53. The lowest BCUT2D eigenvalue weighted by Gasteiger charge is -2.03. The maximum Gasteiger partial charge on any atom is 0.177 e. The Morgan fingerprint density at radius 1 is 1.06 bits per heavy atom. The quantitative estimate of drug-likeness (QED) is 0.808. The molecule has 0 aliphatic heterocycles. The van der Waals surface area contributed by atoms with Crippen LogP contribution < -0.4 is 0 Å². The summed E-state index contributed by atoms with van der Waals surface area (Å²) in [6.07, 6.45) is 2.73. The summed E-state index contributed by atoms with van der Waals surface area (Å²) in [5.74, 6) is -0.363. The van der Waals surface area contributed by atoms with Crippen LogP contribution in [0.5, 0.6) is 0 Å². The topological polar surface area (TPSA) is 25.8 Å². The van der Waals surface area contributed by atoms with Crippen LogP contribution in [-0.4, -0.2) is 9.97 Å². The zero-order valence-corrected chi connectivity index (χ0v) is 10.1. The molecule has 0 unspecified atom stereocenters. The van der Waals surface area contributed by atoms with Crippen molar-refractivity contribution >= 4 is 15.9 Å². The van der Waals surface area contributed by atoms with Gasteiger partial charge in [0.05, 0.1) is 5.69 Å². The van der Waals surface area contributed by atoms with Crippen LogP contribution in [0.2, 0.25) is 0 Å². The minimum absolute atomic E-state index is 0.227. The van der Waals surface area contributed by atoms with Crippen molar-refractivity contribution in [1.29, 1.82) is 0 Å². The van der Waals surface area contributed by atoms with Crippen molar-refractivity contribution in [2.24, 2.45) is 0 Å². The average molecular weight is 281 g/mol. The number of aryl methyl sites for hydroxylation is 2. The van der Waals surface area contributed by atoms with Crippen LogP contribution in [0.3, 0.4) is 0 Å². The van der Waals surface area contributed by atoms with Crippen LogP contribution in [0.4, 0.5) is 4.39 Å². The van der Waals surface area contributed by atoms with Crippen molar-refractivity contribution in [2.45, 2.75) is 12.8 Å². The molecule has 2 nitrogen and oxygen atoms in total. The fraction of sp³-hybridized carbons (Fsp3) is 0.167. The van der Waals surface area contributed by atoms with E-state index in [0.29, 0.717) is 12.1 Å². The maximum absolute atomic E-state index is 13.5. The second kappa shape index (κ2) is 5.16. The van der Waals surface area contributed by atoms with Gasteiger partial charge in [-0.05, 0) is 34.3 Å². The fourth-order valence-electron chi connectivity index (χ4n) is 1.46. The summed E-state index contributed by atoms with van der Waals surface area (Å²) in [4.78, 5) is 7.66. The van der Waals surface area contributed by atoms with E-state index in [9.17, 15) is 4.39 Å². The van der Waals surface area contributed by atoms with Gasteiger partial charge in [0.15, 0.2) is 5.82 Å². The van der Waals surface area contributed by atoms with Gasteiger partial charge in [0.1, 0.15) is 10.9 Å². The first-order valence-electron chi connectivity index (χ1n) is 4.96. The third-order valence-electron chi connectivity index (χ3n) is 2.31. The van der Waals surface area contributed by atoms with Gasteiger partial charge in [-0.2, -0.15) is 0 Å². The van der Waals surface area contributed by atoms with Crippen LogP contribution in [0, 0.1) is 5.82 Å². The van der Waals surface area contributed by atoms with Crippen LogP contribution in [0.15, 0.2) is 41.3 Å². The lowest BCUT2D eigenvalue weighted by Crippen LogP contribution is -2.00. The van der Waals surface area contributed by atoms with Crippen molar-refractivity contribution in [3.05, 3.63) is 58.3 Å². The summed E-state index contributed by atoms with van der Waals surface area (Å²) >= 11 is 3.05. The Morgan fingerprint density at radius 3 is 2.56 bits per heavy atom. The van der Waals surface area contributed by atoms with Crippen LogP contribution in [0.25, 0.3) is 0 Å². The maximum atomic E-state index is 13.5. The average Bonchev–Trinajstić information content (AvgIpc) is 2.32. The number of hydrogen-bond acceptors (Lipinski definition) is 2. The van der Waals surface area contributed by atoms with Gasteiger partial charge in [-0.15, -0.1) is 0 Å². The highest BCUT2D eigenvalue weighted by atomic mass is 79.9. The molecule has 0 saturated carbocycles. The van der Waals surface area contributed by atoms with Gasteiger partial charge < -0.3 is 0 Å². The molecule has 1 aromatic carbocycles. The van der Waals surface area contributed by atoms with Gasteiger partial charge >= 0.3 is 0 Å². The van der Waals surface area contributed by atoms with E-state index in [-0.39, 0.29) is 10.4 Å². The SMILES string of the molecule is Fc1c(Br)ncnc1CCc1ccccc1. The molecular weight excluding hydrogens is 271 g/mol. The molecule has 0 bridgehead atoms. The van der Waals surface area contributed by atoms with Gasteiger partial charge in [0.25, 0.3) is 0 Å². The van der Waals surface area contributed by atoms with E-state index in [1.807, 2.05) is 30.3 Å². The second-order valence-electron chi connectivity index (χ2n) is 3.41. The van der Waals surface area contributed by atoms with Crippen molar-refractivity contribution in [3.8, 4) is 0 Å². The summed E-state index contributed by atoms with van der Waals surface area (Å²) in [6, 6.07) is 9.96. The molecule has 2 rings (SSSR count). The molecule has 1 heterocycles. The molecular formula is C12H10BrFN2. The Morgan fingerprint density at radius 2 is 1.81 bits per heavy atom. The normalized spacial score (nSPS) is 10.4. The van der Waals surface area contributed by atoms with Gasteiger partial charge in [-0.25, -0.2) is 14.4 Å². The van der Waals surface area contributed by atoms with E-state index >= 15 is 0 Å². The molecule has 0 aliphatic rings. The monoisotopic (exact) mass is 280 g/mol. The highest BCUT2D eigenvalue weighted by Gasteiger charge is 2.08. The minimum atomic E-state index is -0.363. The molecule has 0 amide bonds. The number of hydrogen-bond donors (Lipinski definition) is 0. The summed E-state index contributed by atoms with van der Waals surface area (Å²) in [5, 5.41) is 0. The molecule has 82 valence electrons.